The van der Waals surface area contributed by atoms with Crippen molar-refractivity contribution in [3.05, 3.63) is 23.9 Å². The van der Waals surface area contributed by atoms with Crippen molar-refractivity contribution in [3.63, 3.8) is 0 Å². The Labute approximate surface area is 61.9 Å². The summed E-state index contributed by atoms with van der Waals surface area (Å²) in [6.45, 7) is 11.0. The molecule has 0 aliphatic rings. The molecule has 1 rings (SSSR count). The van der Waals surface area contributed by atoms with E-state index in [9.17, 15) is 0 Å². The minimum absolute atomic E-state index is 0.910. The summed E-state index contributed by atoms with van der Waals surface area (Å²) in [5, 5.41) is 4.28. The topological polar surface area (TPSA) is 17.8 Å². The fraction of sp³-hybridized carbons (Fsp3) is 0.500. The quantitative estimate of drug-likeness (QED) is 0.576. The lowest BCUT2D eigenvalue weighted by Gasteiger charge is -1.96. The molecule has 1 radical (unpaired) electrons. The zero-order valence-corrected chi connectivity index (χ0v) is 6.81. The summed E-state index contributed by atoms with van der Waals surface area (Å²) >= 11 is 0. The van der Waals surface area contributed by atoms with Crippen molar-refractivity contribution in [3.8, 4) is 0 Å². The predicted octanol–water partition coefficient (Wildman–Crippen LogP) is 1.70. The minimum Gasteiger partial charge on any atom is -0.269 e. The molecule has 0 saturated heterocycles. The number of hydrogen-bond acceptors (Lipinski definition) is 1. The standard InChI is InChI=1S/C8H13N2/c1-5-10-8(4)6(2)7(3)9-10/h4-5H2,1-3H3. The fourth-order valence-electron chi connectivity index (χ4n) is 0.980. The summed E-state index contributed by atoms with van der Waals surface area (Å²) < 4.78 is 1.92. The number of hydrogen-bond donors (Lipinski definition) is 0. The first-order valence-electron chi connectivity index (χ1n) is 3.52. The fourth-order valence-corrected chi connectivity index (χ4v) is 0.980. The van der Waals surface area contributed by atoms with E-state index in [2.05, 4.69) is 25.9 Å². The van der Waals surface area contributed by atoms with Crippen molar-refractivity contribution in [1.29, 1.82) is 0 Å². The van der Waals surface area contributed by atoms with E-state index < -0.39 is 0 Å². The molecule has 0 aliphatic carbocycles. The number of nitrogens with zero attached hydrogens (tertiary/aromatic N) is 2. The van der Waals surface area contributed by atoms with E-state index in [0.29, 0.717) is 0 Å². The normalized spacial score (nSPS) is 10.4. The van der Waals surface area contributed by atoms with Gasteiger partial charge in [-0.3, -0.25) is 4.68 Å². The van der Waals surface area contributed by atoms with Crippen LogP contribution in [-0.2, 0) is 6.54 Å². The monoisotopic (exact) mass is 137 g/mol. The molecular weight excluding hydrogens is 124 g/mol. The molecule has 0 unspecified atom stereocenters. The van der Waals surface area contributed by atoms with Crippen LogP contribution in [0.5, 0.6) is 0 Å². The SMILES string of the molecule is [CH2]c1c(C)c(C)nn1CC. The largest absolute Gasteiger partial charge is 0.269 e. The molecule has 0 atom stereocenters. The highest BCUT2D eigenvalue weighted by Gasteiger charge is 2.03. The van der Waals surface area contributed by atoms with Crippen LogP contribution in [0.15, 0.2) is 0 Å². The average Bonchev–Trinajstić information content (AvgIpc) is 2.17. The van der Waals surface area contributed by atoms with Crippen molar-refractivity contribution in [1.82, 2.24) is 9.78 Å². The highest BCUT2D eigenvalue weighted by molar-refractivity contribution is 5.25. The third kappa shape index (κ3) is 0.939. The molecule has 2 heteroatoms. The number of rotatable bonds is 1. The predicted molar refractivity (Wildman–Crippen MR) is 41.8 cm³/mol. The first-order valence-corrected chi connectivity index (χ1v) is 3.52. The van der Waals surface area contributed by atoms with Gasteiger partial charge in [0.25, 0.3) is 0 Å². The molecule has 1 aromatic rings. The third-order valence-electron chi connectivity index (χ3n) is 1.86. The van der Waals surface area contributed by atoms with Crippen LogP contribution in [-0.4, -0.2) is 9.78 Å². The van der Waals surface area contributed by atoms with Crippen LogP contribution in [0, 0.1) is 20.8 Å². The molecular formula is C8H13N2. The van der Waals surface area contributed by atoms with E-state index in [1.54, 1.807) is 0 Å². The Balaban J connectivity index is 3.17. The van der Waals surface area contributed by atoms with E-state index in [4.69, 9.17) is 0 Å². The molecule has 0 aromatic carbocycles. The third-order valence-corrected chi connectivity index (χ3v) is 1.86. The van der Waals surface area contributed by atoms with Crippen molar-refractivity contribution in [2.75, 3.05) is 0 Å². The Kier molecular flexibility index (Phi) is 1.79. The Morgan fingerprint density at radius 2 is 2.10 bits per heavy atom. The molecule has 1 aromatic heterocycles. The smallest absolute Gasteiger partial charge is 0.0625 e. The highest BCUT2D eigenvalue weighted by Crippen LogP contribution is 2.09. The van der Waals surface area contributed by atoms with Crippen molar-refractivity contribution in [2.24, 2.45) is 0 Å². The van der Waals surface area contributed by atoms with Gasteiger partial charge in [0.1, 0.15) is 0 Å². The highest BCUT2D eigenvalue weighted by atomic mass is 15.3. The molecule has 0 bridgehead atoms. The van der Waals surface area contributed by atoms with E-state index in [0.717, 1.165) is 17.9 Å². The molecule has 2 nitrogen and oxygen atoms in total. The minimum atomic E-state index is 0.910. The van der Waals surface area contributed by atoms with Gasteiger partial charge in [0, 0.05) is 12.2 Å². The van der Waals surface area contributed by atoms with E-state index in [1.807, 2.05) is 11.6 Å². The lowest BCUT2D eigenvalue weighted by atomic mass is 10.2. The van der Waals surface area contributed by atoms with Crippen LogP contribution >= 0.6 is 0 Å². The van der Waals surface area contributed by atoms with Gasteiger partial charge >= 0.3 is 0 Å². The second-order valence-electron chi connectivity index (χ2n) is 2.47. The maximum absolute atomic E-state index is 4.28. The average molecular weight is 137 g/mol. The van der Waals surface area contributed by atoms with Crippen LogP contribution in [0.25, 0.3) is 0 Å². The van der Waals surface area contributed by atoms with Crippen LogP contribution in [0.4, 0.5) is 0 Å². The van der Waals surface area contributed by atoms with Gasteiger partial charge in [-0.05, 0) is 33.3 Å². The van der Waals surface area contributed by atoms with Crippen LogP contribution < -0.4 is 0 Å². The summed E-state index contributed by atoms with van der Waals surface area (Å²) in [7, 11) is 0. The van der Waals surface area contributed by atoms with Crippen LogP contribution in [0.3, 0.4) is 0 Å². The zero-order valence-electron chi connectivity index (χ0n) is 6.81. The van der Waals surface area contributed by atoms with Gasteiger partial charge in [0.15, 0.2) is 0 Å². The summed E-state index contributed by atoms with van der Waals surface area (Å²) in [6, 6.07) is 0. The molecule has 0 spiro atoms. The van der Waals surface area contributed by atoms with E-state index in [-0.39, 0.29) is 0 Å². The van der Waals surface area contributed by atoms with Gasteiger partial charge in [0.05, 0.1) is 5.69 Å². The van der Waals surface area contributed by atoms with Gasteiger partial charge in [-0.1, -0.05) is 0 Å². The van der Waals surface area contributed by atoms with Crippen molar-refractivity contribution in [2.45, 2.75) is 27.3 Å². The van der Waals surface area contributed by atoms with Crippen molar-refractivity contribution >= 4 is 0 Å². The summed E-state index contributed by atoms with van der Waals surface area (Å²) in [6.07, 6.45) is 0. The second kappa shape index (κ2) is 2.45. The van der Waals surface area contributed by atoms with Gasteiger partial charge in [-0.15, -0.1) is 0 Å². The Morgan fingerprint density at radius 3 is 2.30 bits per heavy atom. The number of aromatic nitrogens is 2. The van der Waals surface area contributed by atoms with Crippen LogP contribution in [0.1, 0.15) is 23.9 Å². The first-order chi connectivity index (χ1) is 4.66. The van der Waals surface area contributed by atoms with Gasteiger partial charge in [-0.2, -0.15) is 5.10 Å². The molecule has 0 N–H and O–H groups in total. The molecule has 0 aliphatic heterocycles. The maximum Gasteiger partial charge on any atom is 0.0625 e. The molecule has 0 amide bonds. The molecule has 55 valence electrons. The van der Waals surface area contributed by atoms with E-state index in [1.165, 1.54) is 5.56 Å². The van der Waals surface area contributed by atoms with Gasteiger partial charge in [0.2, 0.25) is 0 Å². The van der Waals surface area contributed by atoms with E-state index >= 15 is 0 Å². The summed E-state index contributed by atoms with van der Waals surface area (Å²) in [5.41, 5.74) is 3.34. The first kappa shape index (κ1) is 7.32. The lowest BCUT2D eigenvalue weighted by Crippen LogP contribution is -1.98. The second-order valence-corrected chi connectivity index (χ2v) is 2.47. The van der Waals surface area contributed by atoms with Crippen LogP contribution in [0.2, 0.25) is 0 Å². The van der Waals surface area contributed by atoms with Gasteiger partial charge < -0.3 is 0 Å². The zero-order chi connectivity index (χ0) is 7.72. The maximum atomic E-state index is 4.28. The molecule has 0 fully saturated rings. The number of aryl methyl sites for hydroxylation is 2. The molecule has 1 heterocycles. The molecule has 10 heavy (non-hydrogen) atoms. The summed E-state index contributed by atoms with van der Waals surface area (Å²) in [5.74, 6) is 0. The van der Waals surface area contributed by atoms with Crippen molar-refractivity contribution < 1.29 is 0 Å². The Bertz CT molecular complexity index is 236. The lowest BCUT2D eigenvalue weighted by molar-refractivity contribution is 0.643. The summed E-state index contributed by atoms with van der Waals surface area (Å²) in [4.78, 5) is 0. The Hall–Kier alpha value is -0.790. The van der Waals surface area contributed by atoms with Gasteiger partial charge in [-0.25, -0.2) is 0 Å². The Morgan fingerprint density at radius 1 is 1.50 bits per heavy atom. The molecule has 0 saturated carbocycles.